The number of rotatable bonds is 29. The number of likely N-dealkylation sites (N-methyl/N-ethyl adjacent to an activating group) is 1. The van der Waals surface area contributed by atoms with E-state index in [4.69, 9.17) is 45.8 Å². The van der Waals surface area contributed by atoms with Crippen molar-refractivity contribution in [2.24, 2.45) is 23.5 Å². The number of benzene rings is 2. The minimum atomic E-state index is -1.66. The number of urea groups is 1. The molecule has 0 aliphatic carbocycles. The molecule has 6 rings (SSSR count). The van der Waals surface area contributed by atoms with Crippen molar-refractivity contribution in [3.63, 3.8) is 0 Å². The van der Waals surface area contributed by atoms with Gasteiger partial charge in [0.25, 0.3) is 0 Å². The van der Waals surface area contributed by atoms with Gasteiger partial charge < -0.3 is 64.6 Å². The number of allylic oxidation sites excluding steroid dienone is 3. The van der Waals surface area contributed by atoms with Crippen LogP contribution in [0.5, 0.6) is 5.75 Å². The molecule has 0 radical (unpaired) electrons. The first kappa shape index (κ1) is 77.6. The molecule has 0 aromatic heterocycles. The van der Waals surface area contributed by atoms with Gasteiger partial charge >= 0.3 is 24.1 Å². The van der Waals surface area contributed by atoms with Crippen molar-refractivity contribution in [2.75, 3.05) is 66.2 Å². The van der Waals surface area contributed by atoms with Gasteiger partial charge in [0, 0.05) is 98.2 Å². The fourth-order valence-corrected chi connectivity index (χ4v) is 13.2. The Kier molecular flexibility index (Phi) is 28.5. The van der Waals surface area contributed by atoms with Crippen LogP contribution in [0.3, 0.4) is 0 Å². The number of esters is 2. The number of hydrogen-bond donors (Lipinski definition) is 4. The summed E-state index contributed by atoms with van der Waals surface area (Å²) in [4.78, 5) is 151. The summed E-state index contributed by atoms with van der Waals surface area (Å²) in [7, 11) is 7.29. The molecule has 4 heterocycles. The molecule has 11 atom stereocenters. The van der Waals surface area contributed by atoms with Gasteiger partial charge in [-0.1, -0.05) is 86.9 Å². The lowest BCUT2D eigenvalue weighted by atomic mass is 9.78. The Morgan fingerprint density at radius 3 is 2.29 bits per heavy atom. The second-order valence-corrected chi connectivity index (χ2v) is 27.5. The van der Waals surface area contributed by atoms with Crippen LogP contribution >= 0.6 is 23.4 Å². The average molecular weight is 1380 g/mol. The number of aliphatic hydroxyl groups is 1. The normalized spacial score (nSPS) is 24.7. The molecule has 4 bridgehead atoms. The fourth-order valence-electron chi connectivity index (χ4n) is 12.3. The lowest BCUT2D eigenvalue weighted by Gasteiger charge is -2.41. The minimum absolute atomic E-state index is 0.0155. The number of Topliss-reactive ketones (excluding diaryl/α,β-unsaturated/α-hetero) is 2. The number of hydrogen-bond acceptors (Lipinski definition) is 19. The number of nitrogens with zero attached hydrogens (tertiary/aromatic N) is 4. The molecule has 3 saturated heterocycles. The van der Waals surface area contributed by atoms with Gasteiger partial charge in [-0.3, -0.25) is 43.3 Å². The van der Waals surface area contributed by atoms with Crippen molar-refractivity contribution < 1.29 is 86.3 Å². The lowest BCUT2D eigenvalue weighted by molar-refractivity contribution is -0.187. The average Bonchev–Trinajstić information content (AvgIpc) is 1.57. The van der Waals surface area contributed by atoms with E-state index >= 15 is 0 Å². The number of nitrogens with two attached hydrogens (primary N) is 1. The summed E-state index contributed by atoms with van der Waals surface area (Å²) in [6.45, 7) is 10.7. The number of ether oxygens (including phenoxy) is 6. The number of thioether (sulfide) groups is 1. The Morgan fingerprint density at radius 2 is 1.65 bits per heavy atom. The Bertz CT molecular complexity index is 3240. The molecule has 25 nitrogen and oxygen atoms in total. The quantitative estimate of drug-likeness (QED) is 0.0215. The molecular formula is C69H96ClN7O18S. The monoisotopic (exact) mass is 1380 g/mol. The molecule has 1 unspecified atom stereocenters. The summed E-state index contributed by atoms with van der Waals surface area (Å²) in [6, 6.07) is 7.35. The zero-order chi connectivity index (χ0) is 70.9. The molecule has 4 aliphatic heterocycles. The van der Waals surface area contributed by atoms with Gasteiger partial charge in [0.15, 0.2) is 5.78 Å². The van der Waals surface area contributed by atoms with Crippen molar-refractivity contribution in [1.29, 1.82) is 0 Å². The van der Waals surface area contributed by atoms with Gasteiger partial charge in [0.1, 0.15) is 58.7 Å². The van der Waals surface area contributed by atoms with Crippen LogP contribution in [0, 0.1) is 17.8 Å². The second kappa shape index (κ2) is 35.2. The van der Waals surface area contributed by atoms with Gasteiger partial charge in [0.05, 0.1) is 43.0 Å². The van der Waals surface area contributed by atoms with Crippen LogP contribution in [0.1, 0.15) is 135 Å². The molecule has 27 heteroatoms. The number of halogens is 1. The predicted octanol–water partition coefficient (Wildman–Crippen LogP) is 6.75. The molecule has 4 aliphatic rings. The van der Waals surface area contributed by atoms with E-state index in [1.54, 1.807) is 68.7 Å². The molecule has 8 amide bonds. The third kappa shape index (κ3) is 20.8. The summed E-state index contributed by atoms with van der Waals surface area (Å²) >= 11 is 8.20. The van der Waals surface area contributed by atoms with Crippen molar-refractivity contribution in [2.45, 2.75) is 191 Å². The van der Waals surface area contributed by atoms with Gasteiger partial charge in [-0.15, -0.1) is 0 Å². The first-order valence-corrected chi connectivity index (χ1v) is 34.3. The maximum absolute atomic E-state index is 14.5. The van der Waals surface area contributed by atoms with Gasteiger partial charge in [-0.25, -0.2) is 14.4 Å². The standard InChI is InChI=1S/C69H96ClN7O18S/c1-40(2)48(34-47(78)19-14-13-15-28-77-59(82)35-54(96-12)64(77)85)63(84)73-49(20-17-27-72-66(71)87)51(79)32-44-22-24-45(25-23-44)39-92-67(88)74(7)29-26-57(80)75(8)43(5)65(86)94-56-36-58(81)76(9)50-31-46(33-52(90-10)61(50)70)30-41(3)18-16-21-55(91-11)69(89)37-53(93-60(83)38-69)42(4)62-68(56,6)95-62/h16,18,21-25,31,33,40,42-43,48-49,53-56,62,89H,13-15,17,19-20,26-30,32,34-39H2,1-12H3,(H,73,84)(H3,71,72,87)/b21-16+,41-18+/t42-,43+,48+,49+,53+,54?,55-,56+,62+,68+,69-/m1/s1. The van der Waals surface area contributed by atoms with Crippen LogP contribution < -0.4 is 26.0 Å². The van der Waals surface area contributed by atoms with Crippen LogP contribution in [0.4, 0.5) is 15.3 Å². The third-order valence-corrected chi connectivity index (χ3v) is 19.9. The Balaban J connectivity index is 1.03. The molecule has 5 N–H and O–H groups in total. The van der Waals surface area contributed by atoms with Crippen molar-refractivity contribution >= 4 is 94.2 Å². The fraction of sp³-hybridized carbons (Fsp3) is 0.609. The number of carbonyl (C=O) groups is 11. The molecule has 528 valence electrons. The van der Waals surface area contributed by atoms with E-state index in [9.17, 15) is 57.8 Å². The maximum atomic E-state index is 14.5. The second-order valence-electron chi connectivity index (χ2n) is 26.1. The number of methoxy groups -OCH3 is 2. The number of epoxide rings is 1. The Labute approximate surface area is 571 Å². The van der Waals surface area contributed by atoms with E-state index in [0.29, 0.717) is 61.2 Å². The first-order valence-electron chi connectivity index (χ1n) is 32.6. The number of carbonyl (C=O) groups excluding carboxylic acids is 11. The van der Waals surface area contributed by atoms with E-state index in [0.717, 1.165) is 11.1 Å². The van der Waals surface area contributed by atoms with E-state index in [-0.39, 0.29) is 111 Å². The maximum Gasteiger partial charge on any atom is 0.409 e. The number of anilines is 1. The van der Waals surface area contributed by atoms with Crippen LogP contribution in [0.15, 0.2) is 60.2 Å². The molecular weight excluding hydrogens is 1280 g/mol. The van der Waals surface area contributed by atoms with Gasteiger partial charge in [-0.05, 0) is 93.9 Å². The van der Waals surface area contributed by atoms with Crippen LogP contribution in [-0.2, 0) is 86.3 Å². The highest BCUT2D eigenvalue weighted by Crippen LogP contribution is 2.50. The number of amides is 8. The number of unbranched alkanes of at least 4 members (excludes halogenated alkanes) is 2. The highest BCUT2D eigenvalue weighted by atomic mass is 35.5. The van der Waals surface area contributed by atoms with Crippen molar-refractivity contribution in [1.82, 2.24) is 25.3 Å². The molecule has 3 fully saturated rings. The summed E-state index contributed by atoms with van der Waals surface area (Å²) < 4.78 is 35.3. The topological polar surface area (TPSA) is 330 Å². The summed E-state index contributed by atoms with van der Waals surface area (Å²) in [5.41, 5.74) is 5.43. The molecule has 0 spiro atoms. The largest absolute Gasteiger partial charge is 0.495 e. The molecule has 96 heavy (non-hydrogen) atoms. The Hall–Kier alpha value is -7.39. The zero-order valence-electron chi connectivity index (χ0n) is 57.2. The SMILES string of the molecule is COc1cc2cc(c1Cl)N(C)C(=O)C[C@H](OC(=O)[C@H](C)N(C)C(=O)CCN(C)C(=O)OCc1ccc(CC(=O)[C@H](CCCNC(N)=O)NC(=O)[C@@H](CC(=O)CCCCCN3C(=O)CC(SC)C3=O)C(C)C)cc1)[C@]1(C)O[C@H]1[C@H](C)[C@@H]1C[C@@](O)(CC(=O)O1)[C@H](OC)/C=C/C=C(\C)C2. The van der Waals surface area contributed by atoms with Crippen LogP contribution in [0.25, 0.3) is 0 Å². The van der Waals surface area contributed by atoms with E-state index in [1.807, 2.05) is 26.8 Å². The molecule has 2 aromatic carbocycles. The summed E-state index contributed by atoms with van der Waals surface area (Å²) in [5, 5.41) is 17.2. The number of primary amides is 1. The van der Waals surface area contributed by atoms with E-state index in [2.05, 4.69) is 10.6 Å². The minimum Gasteiger partial charge on any atom is -0.495 e. The Morgan fingerprint density at radius 1 is 0.948 bits per heavy atom. The third-order valence-electron chi connectivity index (χ3n) is 18.6. The van der Waals surface area contributed by atoms with Gasteiger partial charge in [-0.2, -0.15) is 11.8 Å². The number of nitrogens with one attached hydrogen (secondary N) is 2. The lowest BCUT2D eigenvalue weighted by Crippen LogP contribution is -2.53. The van der Waals surface area contributed by atoms with Crippen molar-refractivity contribution in [3.8, 4) is 5.75 Å². The van der Waals surface area contributed by atoms with E-state index in [1.165, 1.54) is 73.6 Å². The first-order chi connectivity index (χ1) is 45.3. The number of fused-ring (bicyclic) bond motifs is 5. The van der Waals surface area contributed by atoms with Crippen LogP contribution in [0.2, 0.25) is 5.02 Å². The number of imide groups is 1. The van der Waals surface area contributed by atoms with Crippen LogP contribution in [-0.4, -0.2) is 199 Å². The van der Waals surface area contributed by atoms with Gasteiger partial charge in [0.2, 0.25) is 29.5 Å². The summed E-state index contributed by atoms with van der Waals surface area (Å²) in [6.07, 6.45) is 4.44. The molecule has 0 saturated carbocycles. The smallest absolute Gasteiger partial charge is 0.409 e. The van der Waals surface area contributed by atoms with E-state index < -0.39 is 108 Å². The number of ketones is 2. The highest BCUT2D eigenvalue weighted by molar-refractivity contribution is 8.00. The molecule has 2 aromatic rings. The predicted molar refractivity (Wildman–Crippen MR) is 358 cm³/mol. The van der Waals surface area contributed by atoms with Crippen molar-refractivity contribution in [3.05, 3.63) is 81.9 Å². The number of likely N-dealkylation sites (tertiary alicyclic amines) is 1. The highest BCUT2D eigenvalue weighted by Gasteiger charge is 2.64. The summed E-state index contributed by atoms with van der Waals surface area (Å²) in [5.74, 6) is -5.05. The zero-order valence-corrected chi connectivity index (χ0v) is 58.8.